The summed E-state index contributed by atoms with van der Waals surface area (Å²) in [6.07, 6.45) is 0. The minimum atomic E-state index is 0.642. The highest BCUT2D eigenvalue weighted by atomic mass is 32.1. The molecule has 0 fully saturated rings. The lowest BCUT2D eigenvalue weighted by Crippen LogP contribution is -2.09. The Kier molecular flexibility index (Phi) is 8.67. The third-order valence-corrected chi connectivity index (χ3v) is 11.2. The highest BCUT2D eigenvalue weighted by molar-refractivity contribution is 7.26. The molecule has 0 saturated heterocycles. The summed E-state index contributed by atoms with van der Waals surface area (Å²) in [4.78, 5) is 17.7. The molecule has 8 aromatic carbocycles. The number of aromatic nitrogens is 3. The van der Waals surface area contributed by atoms with Crippen molar-refractivity contribution in [3.8, 4) is 56.4 Å². The monoisotopic (exact) mass is 734 g/mol. The van der Waals surface area contributed by atoms with Gasteiger partial charge < -0.3 is 4.90 Å². The standard InChI is InChI=1S/C51H34N4S/c1-5-15-35(16-6-1)37-27-29-39(30-28-37)50-52-49(38-19-9-3-10-20-38)53-51(54-50)45-25-14-26-46-48(45)44-32-31-43(34-47(44)56-46)55(41-22-11-4-12-23-41)42-24-13-21-40(33-42)36-17-7-2-8-18-36/h1-34H. The second-order valence-electron chi connectivity index (χ2n) is 13.7. The van der Waals surface area contributed by atoms with Crippen LogP contribution in [0.3, 0.4) is 0 Å². The summed E-state index contributed by atoms with van der Waals surface area (Å²) in [5, 5.41) is 2.32. The highest BCUT2D eigenvalue weighted by Gasteiger charge is 2.19. The molecular weight excluding hydrogens is 701 g/mol. The van der Waals surface area contributed by atoms with Gasteiger partial charge in [0.1, 0.15) is 0 Å². The summed E-state index contributed by atoms with van der Waals surface area (Å²) in [6, 6.07) is 72.2. The molecule has 0 aliphatic rings. The van der Waals surface area contributed by atoms with Gasteiger partial charge in [0.2, 0.25) is 0 Å². The molecule has 10 aromatic rings. The number of para-hydroxylation sites is 1. The van der Waals surface area contributed by atoms with Crippen molar-refractivity contribution in [1.82, 2.24) is 15.0 Å². The summed E-state index contributed by atoms with van der Waals surface area (Å²) in [7, 11) is 0. The van der Waals surface area contributed by atoms with Crippen molar-refractivity contribution in [3.05, 3.63) is 206 Å². The fourth-order valence-corrected chi connectivity index (χ4v) is 8.57. The lowest BCUT2D eigenvalue weighted by molar-refractivity contribution is 1.08. The predicted molar refractivity (Wildman–Crippen MR) is 235 cm³/mol. The Morgan fingerprint density at radius 1 is 0.321 bits per heavy atom. The Balaban J connectivity index is 1.10. The number of hydrogen-bond acceptors (Lipinski definition) is 5. The number of rotatable bonds is 8. The number of nitrogens with zero attached hydrogens (tertiary/aromatic N) is 4. The molecular formula is C51H34N4S. The van der Waals surface area contributed by atoms with Crippen LogP contribution in [0.25, 0.3) is 76.6 Å². The molecule has 0 spiro atoms. The molecule has 0 aliphatic carbocycles. The molecule has 2 aromatic heterocycles. The Morgan fingerprint density at radius 2 is 0.804 bits per heavy atom. The third-order valence-electron chi connectivity index (χ3n) is 10.1. The van der Waals surface area contributed by atoms with E-state index in [9.17, 15) is 0 Å². The Morgan fingerprint density at radius 3 is 1.48 bits per heavy atom. The van der Waals surface area contributed by atoms with E-state index in [1.807, 2.05) is 24.3 Å². The molecule has 4 nitrogen and oxygen atoms in total. The van der Waals surface area contributed by atoms with Gasteiger partial charge >= 0.3 is 0 Å². The van der Waals surface area contributed by atoms with E-state index in [1.165, 1.54) is 31.5 Å². The van der Waals surface area contributed by atoms with Crippen molar-refractivity contribution in [2.45, 2.75) is 0 Å². The van der Waals surface area contributed by atoms with E-state index in [4.69, 9.17) is 15.0 Å². The van der Waals surface area contributed by atoms with Crippen LogP contribution in [0.15, 0.2) is 206 Å². The maximum Gasteiger partial charge on any atom is 0.164 e. The Hall–Kier alpha value is -7.21. The van der Waals surface area contributed by atoms with Gasteiger partial charge in [-0.3, -0.25) is 0 Å². The van der Waals surface area contributed by atoms with Gasteiger partial charge in [0.25, 0.3) is 0 Å². The van der Waals surface area contributed by atoms with Crippen molar-refractivity contribution >= 4 is 48.6 Å². The lowest BCUT2D eigenvalue weighted by atomic mass is 10.0. The molecule has 264 valence electrons. The molecule has 0 saturated carbocycles. The molecule has 56 heavy (non-hydrogen) atoms. The topological polar surface area (TPSA) is 41.9 Å². The molecule has 2 heterocycles. The Labute approximate surface area is 329 Å². The van der Waals surface area contributed by atoms with Crippen LogP contribution >= 0.6 is 11.3 Å². The molecule has 0 N–H and O–H groups in total. The van der Waals surface area contributed by atoms with Crippen LogP contribution in [-0.2, 0) is 0 Å². The van der Waals surface area contributed by atoms with E-state index < -0.39 is 0 Å². The number of benzene rings is 8. The quantitative estimate of drug-likeness (QED) is 0.156. The van der Waals surface area contributed by atoms with E-state index in [2.05, 4.69) is 187 Å². The second-order valence-corrected chi connectivity index (χ2v) is 14.7. The molecule has 0 radical (unpaired) electrons. The van der Waals surface area contributed by atoms with Gasteiger partial charge in [0.15, 0.2) is 17.5 Å². The maximum absolute atomic E-state index is 5.17. The lowest BCUT2D eigenvalue weighted by Gasteiger charge is -2.26. The minimum Gasteiger partial charge on any atom is -0.310 e. The van der Waals surface area contributed by atoms with Crippen molar-refractivity contribution < 1.29 is 0 Å². The van der Waals surface area contributed by atoms with Gasteiger partial charge in [-0.2, -0.15) is 0 Å². The van der Waals surface area contributed by atoms with Gasteiger partial charge in [-0.25, -0.2) is 15.0 Å². The van der Waals surface area contributed by atoms with Crippen LogP contribution in [0.4, 0.5) is 17.1 Å². The Bertz CT molecular complexity index is 2950. The van der Waals surface area contributed by atoms with Crippen LogP contribution in [0.5, 0.6) is 0 Å². The largest absolute Gasteiger partial charge is 0.310 e. The first kappa shape index (κ1) is 33.4. The maximum atomic E-state index is 5.17. The van der Waals surface area contributed by atoms with E-state index in [0.29, 0.717) is 17.5 Å². The number of thiophene rings is 1. The van der Waals surface area contributed by atoms with Crippen LogP contribution in [0, 0.1) is 0 Å². The number of hydrogen-bond donors (Lipinski definition) is 0. The van der Waals surface area contributed by atoms with E-state index in [-0.39, 0.29) is 0 Å². The van der Waals surface area contributed by atoms with Crippen LogP contribution < -0.4 is 4.90 Å². The van der Waals surface area contributed by atoms with Crippen molar-refractivity contribution in [1.29, 1.82) is 0 Å². The van der Waals surface area contributed by atoms with Crippen LogP contribution in [-0.4, -0.2) is 15.0 Å². The summed E-state index contributed by atoms with van der Waals surface area (Å²) < 4.78 is 2.38. The van der Waals surface area contributed by atoms with Gasteiger partial charge in [0, 0.05) is 53.9 Å². The average molecular weight is 735 g/mol. The van der Waals surface area contributed by atoms with Crippen molar-refractivity contribution in [2.75, 3.05) is 4.90 Å². The van der Waals surface area contributed by atoms with Gasteiger partial charge in [0.05, 0.1) is 0 Å². The zero-order valence-corrected chi connectivity index (χ0v) is 31.1. The molecule has 0 unspecified atom stereocenters. The third kappa shape index (κ3) is 6.40. The summed E-state index contributed by atoms with van der Waals surface area (Å²) in [6.45, 7) is 0. The van der Waals surface area contributed by atoms with Crippen LogP contribution in [0.1, 0.15) is 0 Å². The van der Waals surface area contributed by atoms with Gasteiger partial charge in [-0.1, -0.05) is 164 Å². The van der Waals surface area contributed by atoms with Gasteiger partial charge in [-0.05, 0) is 64.7 Å². The van der Waals surface area contributed by atoms with E-state index in [1.54, 1.807) is 11.3 Å². The first-order chi connectivity index (χ1) is 27.7. The normalized spacial score (nSPS) is 11.2. The minimum absolute atomic E-state index is 0.642. The SMILES string of the molecule is c1ccc(-c2ccc(-c3nc(-c4ccccc4)nc(-c4cccc5sc6cc(N(c7ccccc7)c7cccc(-c8ccccc8)c7)ccc6c45)n3)cc2)cc1. The molecule has 0 bridgehead atoms. The van der Waals surface area contributed by atoms with E-state index in [0.717, 1.165) is 44.7 Å². The number of anilines is 3. The second kappa shape index (κ2) is 14.6. The first-order valence-electron chi connectivity index (χ1n) is 18.7. The summed E-state index contributed by atoms with van der Waals surface area (Å²) in [5.41, 5.74) is 10.9. The summed E-state index contributed by atoms with van der Waals surface area (Å²) in [5.74, 6) is 1.94. The van der Waals surface area contributed by atoms with Crippen molar-refractivity contribution in [2.24, 2.45) is 0 Å². The molecule has 0 amide bonds. The van der Waals surface area contributed by atoms with E-state index >= 15 is 0 Å². The zero-order chi connectivity index (χ0) is 37.3. The average Bonchev–Trinajstić information content (AvgIpc) is 3.66. The van der Waals surface area contributed by atoms with Gasteiger partial charge in [-0.15, -0.1) is 11.3 Å². The van der Waals surface area contributed by atoms with Crippen molar-refractivity contribution in [3.63, 3.8) is 0 Å². The fourth-order valence-electron chi connectivity index (χ4n) is 7.40. The zero-order valence-electron chi connectivity index (χ0n) is 30.3. The highest BCUT2D eigenvalue weighted by Crippen LogP contribution is 2.44. The molecule has 5 heteroatoms. The first-order valence-corrected chi connectivity index (χ1v) is 19.5. The number of fused-ring (bicyclic) bond motifs is 3. The molecule has 0 atom stereocenters. The summed E-state index contributed by atoms with van der Waals surface area (Å²) >= 11 is 1.80. The fraction of sp³-hybridized carbons (Fsp3) is 0. The van der Waals surface area contributed by atoms with Crippen LogP contribution in [0.2, 0.25) is 0 Å². The predicted octanol–water partition coefficient (Wildman–Crippen LogP) is 14.0. The molecule has 0 aliphatic heterocycles. The smallest absolute Gasteiger partial charge is 0.164 e. The molecule has 10 rings (SSSR count).